The average molecular weight is 510 g/mol. The van der Waals surface area contributed by atoms with Crippen LogP contribution in [0.1, 0.15) is 36.4 Å². The Morgan fingerprint density at radius 3 is 2.47 bits per heavy atom. The van der Waals surface area contributed by atoms with Crippen LogP contribution in [0.5, 0.6) is 5.75 Å². The molecule has 0 aliphatic heterocycles. The van der Waals surface area contributed by atoms with Gasteiger partial charge in [-0.2, -0.15) is 0 Å². The number of nitrogens with one attached hydrogen (secondary N) is 1. The Morgan fingerprint density at radius 2 is 1.89 bits per heavy atom. The van der Waals surface area contributed by atoms with Gasteiger partial charge in [0.25, 0.3) is 5.90 Å². The monoisotopic (exact) mass is 509 g/mol. The molecule has 0 amide bonds. The fraction of sp³-hybridized carbons (Fsp3) is 0.269. The maximum atomic E-state index is 12.4. The maximum absolute atomic E-state index is 12.4. The van der Waals surface area contributed by atoms with Gasteiger partial charge >= 0.3 is 0 Å². The minimum atomic E-state index is -3.38. The summed E-state index contributed by atoms with van der Waals surface area (Å²) < 4.78 is 36.3. The van der Waals surface area contributed by atoms with E-state index in [2.05, 4.69) is 27.0 Å². The number of hydrogen-bond acceptors (Lipinski definition) is 9. The van der Waals surface area contributed by atoms with Crippen LogP contribution in [0.25, 0.3) is 17.0 Å². The predicted molar refractivity (Wildman–Crippen MR) is 141 cm³/mol. The molecule has 3 rings (SSSR count). The molecule has 0 saturated heterocycles. The summed E-state index contributed by atoms with van der Waals surface area (Å²) >= 11 is 0. The lowest BCUT2D eigenvalue weighted by Gasteiger charge is -2.15. The van der Waals surface area contributed by atoms with Crippen molar-refractivity contribution in [2.45, 2.75) is 37.5 Å². The quantitative estimate of drug-likeness (QED) is 0.147. The molecule has 0 bridgehead atoms. The Labute approximate surface area is 212 Å². The number of rotatable bonds is 9. The minimum absolute atomic E-state index is 0.0345. The van der Waals surface area contributed by atoms with E-state index in [4.69, 9.17) is 15.3 Å². The summed E-state index contributed by atoms with van der Waals surface area (Å²) in [5.41, 5.74) is 3.76. The van der Waals surface area contributed by atoms with Gasteiger partial charge in [0, 0.05) is 12.1 Å². The van der Waals surface area contributed by atoms with Crippen molar-refractivity contribution in [1.29, 1.82) is 0 Å². The van der Waals surface area contributed by atoms with Crippen LogP contribution < -0.4 is 15.9 Å². The lowest BCUT2D eigenvalue weighted by Crippen LogP contribution is -2.15. The number of methoxy groups -OCH3 is 1. The van der Waals surface area contributed by atoms with E-state index in [1.54, 1.807) is 58.3 Å². The highest BCUT2D eigenvalue weighted by molar-refractivity contribution is 7.92. The minimum Gasteiger partial charge on any atom is -0.496 e. The highest BCUT2D eigenvalue weighted by atomic mass is 32.2. The standard InChI is InChI=1S/C26H31N5O4S/c1-16(2)36(32,33)21-10-8-20(9-11-21)23-15-29-17(3)25(30-23)26(31-27)35-18(4)22-12-7-19(14-28-5)13-24(22)34-6/h7-13,15-16,28H,4,14,27H2,1-3,5-6H3/b31-26-. The normalized spacial score (nSPS) is 12.0. The zero-order chi connectivity index (χ0) is 26.5. The molecule has 3 aromatic rings. The Kier molecular flexibility index (Phi) is 8.44. The van der Waals surface area contributed by atoms with Gasteiger partial charge in [0.15, 0.2) is 9.84 Å². The SMILES string of the molecule is C=C(O/C(=N\N)c1nc(-c2ccc(S(=O)(=O)C(C)C)cc2)cnc1C)c1ccc(CNC)cc1OC. The first kappa shape index (κ1) is 26.8. The number of nitrogens with zero attached hydrogens (tertiary/aromatic N) is 3. The summed E-state index contributed by atoms with van der Waals surface area (Å²) in [6.45, 7) is 9.76. The summed E-state index contributed by atoms with van der Waals surface area (Å²) in [6.07, 6.45) is 1.59. The van der Waals surface area contributed by atoms with Crippen molar-refractivity contribution < 1.29 is 17.9 Å². The van der Waals surface area contributed by atoms with E-state index in [-0.39, 0.29) is 16.6 Å². The molecule has 2 aromatic carbocycles. The molecule has 36 heavy (non-hydrogen) atoms. The zero-order valence-electron chi connectivity index (χ0n) is 21.1. The van der Waals surface area contributed by atoms with Gasteiger partial charge in [-0.05, 0) is 57.6 Å². The van der Waals surface area contributed by atoms with E-state index in [0.29, 0.717) is 40.5 Å². The number of benzene rings is 2. The molecule has 0 aliphatic rings. The molecule has 0 unspecified atom stereocenters. The number of nitrogens with two attached hydrogens (primary N) is 1. The van der Waals surface area contributed by atoms with Gasteiger partial charge in [-0.15, -0.1) is 5.10 Å². The van der Waals surface area contributed by atoms with E-state index in [1.165, 1.54) is 0 Å². The van der Waals surface area contributed by atoms with E-state index >= 15 is 0 Å². The molecule has 1 aromatic heterocycles. The van der Waals surface area contributed by atoms with Crippen molar-refractivity contribution in [1.82, 2.24) is 15.3 Å². The smallest absolute Gasteiger partial charge is 0.263 e. The lowest BCUT2D eigenvalue weighted by molar-refractivity contribution is 0.408. The molecule has 0 radical (unpaired) electrons. The van der Waals surface area contributed by atoms with E-state index in [1.807, 2.05) is 25.2 Å². The number of sulfone groups is 1. The third kappa shape index (κ3) is 5.72. The summed E-state index contributed by atoms with van der Waals surface area (Å²) in [5, 5.41) is 6.37. The molecule has 1 heterocycles. The third-order valence-corrected chi connectivity index (χ3v) is 7.71. The Morgan fingerprint density at radius 1 is 1.19 bits per heavy atom. The van der Waals surface area contributed by atoms with Crippen LogP contribution in [0.4, 0.5) is 0 Å². The molecular formula is C26H31N5O4S. The summed E-state index contributed by atoms with van der Waals surface area (Å²) in [6, 6.07) is 12.2. The van der Waals surface area contributed by atoms with Crippen molar-refractivity contribution in [3.8, 4) is 17.0 Å². The molecule has 190 valence electrons. The molecular weight excluding hydrogens is 478 g/mol. The lowest BCUT2D eigenvalue weighted by atomic mass is 10.1. The van der Waals surface area contributed by atoms with Crippen LogP contribution in [-0.2, 0) is 21.1 Å². The second kappa shape index (κ2) is 11.3. The van der Waals surface area contributed by atoms with Crippen molar-refractivity contribution in [3.63, 3.8) is 0 Å². The van der Waals surface area contributed by atoms with Gasteiger partial charge in [-0.1, -0.05) is 24.8 Å². The van der Waals surface area contributed by atoms with Crippen LogP contribution >= 0.6 is 0 Å². The van der Waals surface area contributed by atoms with Crippen molar-refractivity contribution in [3.05, 3.63) is 77.8 Å². The summed E-state index contributed by atoms with van der Waals surface area (Å²) in [5.74, 6) is 6.58. The van der Waals surface area contributed by atoms with Crippen molar-refractivity contribution in [2.24, 2.45) is 10.9 Å². The molecule has 9 nitrogen and oxygen atoms in total. The fourth-order valence-corrected chi connectivity index (χ4v) is 4.53. The van der Waals surface area contributed by atoms with Crippen LogP contribution in [0.3, 0.4) is 0 Å². The largest absolute Gasteiger partial charge is 0.496 e. The first-order chi connectivity index (χ1) is 17.1. The number of aryl methyl sites for hydroxylation is 1. The first-order valence-electron chi connectivity index (χ1n) is 11.3. The number of aromatic nitrogens is 2. The highest BCUT2D eigenvalue weighted by Gasteiger charge is 2.20. The van der Waals surface area contributed by atoms with E-state index < -0.39 is 15.1 Å². The molecule has 0 fully saturated rings. The van der Waals surface area contributed by atoms with Crippen LogP contribution in [0.15, 0.2) is 65.2 Å². The molecule has 0 atom stereocenters. The maximum Gasteiger partial charge on any atom is 0.263 e. The summed E-state index contributed by atoms with van der Waals surface area (Å²) in [7, 11) is 0.0653. The Balaban J connectivity index is 1.90. The zero-order valence-corrected chi connectivity index (χ0v) is 21.9. The average Bonchev–Trinajstić information content (AvgIpc) is 2.87. The Hall–Kier alpha value is -3.76. The second-order valence-corrected chi connectivity index (χ2v) is 10.8. The Bertz CT molecular complexity index is 1380. The molecule has 0 saturated carbocycles. The van der Waals surface area contributed by atoms with Crippen molar-refractivity contribution >= 4 is 21.5 Å². The second-order valence-electron chi connectivity index (χ2n) is 8.33. The van der Waals surface area contributed by atoms with Gasteiger partial charge < -0.3 is 20.6 Å². The first-order valence-corrected chi connectivity index (χ1v) is 12.8. The number of hydrogen-bond donors (Lipinski definition) is 2. The van der Waals surface area contributed by atoms with Crippen LogP contribution in [0, 0.1) is 6.92 Å². The van der Waals surface area contributed by atoms with Crippen molar-refractivity contribution in [2.75, 3.05) is 14.2 Å². The summed E-state index contributed by atoms with van der Waals surface area (Å²) in [4.78, 5) is 9.30. The van der Waals surface area contributed by atoms with Gasteiger partial charge in [-0.3, -0.25) is 4.98 Å². The van der Waals surface area contributed by atoms with E-state index in [0.717, 1.165) is 5.56 Å². The van der Waals surface area contributed by atoms with Gasteiger partial charge in [0.05, 0.1) is 40.4 Å². The molecule has 0 aliphatic carbocycles. The highest BCUT2D eigenvalue weighted by Crippen LogP contribution is 2.29. The number of ether oxygens (including phenoxy) is 2. The van der Waals surface area contributed by atoms with Crippen LogP contribution in [0.2, 0.25) is 0 Å². The predicted octanol–water partition coefficient (Wildman–Crippen LogP) is 3.67. The molecule has 0 spiro atoms. The molecule has 3 N–H and O–H groups in total. The van der Waals surface area contributed by atoms with E-state index in [9.17, 15) is 8.42 Å². The van der Waals surface area contributed by atoms with Gasteiger partial charge in [0.2, 0.25) is 0 Å². The third-order valence-electron chi connectivity index (χ3n) is 5.54. The van der Waals surface area contributed by atoms with Crippen LogP contribution in [-0.4, -0.2) is 43.7 Å². The van der Waals surface area contributed by atoms with Gasteiger partial charge in [-0.25, -0.2) is 13.4 Å². The fourth-order valence-electron chi connectivity index (χ4n) is 3.47. The van der Waals surface area contributed by atoms with Gasteiger partial charge in [0.1, 0.15) is 17.2 Å². The topological polar surface area (TPSA) is 129 Å². The molecule has 10 heteroatoms. The number of hydrazone groups is 1.